The molecule has 3 nitrogen and oxygen atoms in total. The highest BCUT2D eigenvalue weighted by atomic mass is 35.5. The molecule has 6 heavy (non-hydrogen) atoms. The van der Waals surface area contributed by atoms with Crippen LogP contribution in [0.3, 0.4) is 0 Å². The van der Waals surface area contributed by atoms with E-state index in [0.717, 1.165) is 0 Å². The molecule has 1 unspecified atom stereocenters. The molecular weight excluding hydrogens is 135 g/mol. The number of halogens is 2. The van der Waals surface area contributed by atoms with Crippen LogP contribution in [0.4, 0.5) is 4.70 Å². The maximum Gasteiger partial charge on any atom is 0.0814 e. The summed E-state index contributed by atoms with van der Waals surface area (Å²) in [5.74, 6) is 0. The third kappa shape index (κ3) is 552. The molecule has 0 rings (SSSR count). The summed E-state index contributed by atoms with van der Waals surface area (Å²) < 4.78 is 24.1. The smallest absolute Gasteiger partial charge is 0.0814 e. The lowest BCUT2D eigenvalue weighted by Crippen LogP contribution is -1.75. The third-order valence-electron chi connectivity index (χ3n) is 0. The maximum absolute atomic E-state index is 8.56. The van der Waals surface area contributed by atoms with Gasteiger partial charge in [0.05, 0.1) is 11.4 Å². The average Bonchev–Trinajstić information content (AvgIpc) is 0.811. The predicted octanol–water partition coefficient (Wildman–Crippen LogP) is -0.0872. The molecule has 0 radical (unpaired) electrons. The van der Waals surface area contributed by atoms with Gasteiger partial charge in [-0.1, -0.05) is 0 Å². The molecule has 0 saturated carbocycles. The van der Waals surface area contributed by atoms with Crippen LogP contribution in [0.25, 0.3) is 0 Å². The van der Waals surface area contributed by atoms with E-state index in [1.807, 2.05) is 0 Å². The van der Waals surface area contributed by atoms with Gasteiger partial charge in [0.1, 0.15) is 0 Å². The predicted molar refractivity (Wildman–Crippen MR) is 21.3 cm³/mol. The molecule has 0 amide bonds. The Morgan fingerprint density at radius 1 is 1.67 bits per heavy atom. The van der Waals surface area contributed by atoms with Crippen molar-refractivity contribution in [2.45, 2.75) is 0 Å². The van der Waals surface area contributed by atoms with Crippen molar-refractivity contribution in [1.29, 1.82) is 0 Å². The minimum Gasteiger partial charge on any atom is -0.750 e. The van der Waals surface area contributed by atoms with Crippen molar-refractivity contribution in [3.63, 3.8) is 0 Å². The van der Waals surface area contributed by atoms with Crippen molar-refractivity contribution in [3.8, 4) is 0 Å². The normalized spacial score (nSPS) is 10.3. The van der Waals surface area contributed by atoms with E-state index in [4.69, 9.17) is 13.3 Å². The van der Waals surface area contributed by atoms with E-state index in [0.29, 0.717) is 0 Å². The average molecular weight is 138 g/mol. The Morgan fingerprint density at radius 2 is 1.67 bits per heavy atom. The summed E-state index contributed by atoms with van der Waals surface area (Å²) in [7, 11) is 0. The number of rotatable bonds is 0. The standard InChI is InChI=1S/ClH.FH.H2O3S/c;;1-4(2)3/h2*1H;(H2,1,2,3)/p-1. The minimum absolute atomic E-state index is 0. The van der Waals surface area contributed by atoms with Gasteiger partial charge in [-0.2, -0.15) is 0 Å². The quantitative estimate of drug-likeness (QED) is 0.475. The molecule has 0 bridgehead atoms. The van der Waals surface area contributed by atoms with Crippen LogP contribution >= 0.6 is 12.4 Å². The molecule has 0 heterocycles. The zero-order valence-electron chi connectivity index (χ0n) is 2.49. The van der Waals surface area contributed by atoms with Crippen LogP contribution in [0.1, 0.15) is 0 Å². The molecule has 0 aliphatic heterocycles. The SMILES string of the molecule is Cl.F.O=S([O-])O. The highest BCUT2D eigenvalue weighted by Crippen LogP contribution is 1.43. The second-order valence-corrected chi connectivity index (χ2v) is 0.651. The fraction of sp³-hybridized carbons (Fsp3) is 0. The molecule has 0 aromatic heterocycles. The van der Waals surface area contributed by atoms with Crippen LogP contribution in [-0.2, 0) is 11.4 Å². The van der Waals surface area contributed by atoms with Gasteiger partial charge in [-0.15, -0.1) is 12.4 Å². The van der Waals surface area contributed by atoms with Crippen molar-refractivity contribution < 1.29 is 18.0 Å². The van der Waals surface area contributed by atoms with Gasteiger partial charge in [-0.25, -0.2) is 4.21 Å². The molecule has 6 heteroatoms. The molecule has 42 valence electrons. The third-order valence-corrected chi connectivity index (χ3v) is 0. The lowest BCUT2D eigenvalue weighted by molar-refractivity contribution is 0.436. The van der Waals surface area contributed by atoms with Crippen LogP contribution in [0.5, 0.6) is 0 Å². The molecule has 0 spiro atoms. The van der Waals surface area contributed by atoms with Crippen LogP contribution in [0, 0.1) is 0 Å². The zero-order valence-corrected chi connectivity index (χ0v) is 4.12. The fourth-order valence-corrected chi connectivity index (χ4v) is 0. The second kappa shape index (κ2) is 8.99. The lowest BCUT2D eigenvalue weighted by Gasteiger charge is -1.83. The number of hydrogen-bond acceptors (Lipinski definition) is 2. The Kier molecular flexibility index (Phi) is 24.4. The first-order valence-corrected chi connectivity index (χ1v) is 1.55. The van der Waals surface area contributed by atoms with Crippen molar-refractivity contribution in [2.24, 2.45) is 0 Å². The first kappa shape index (κ1) is 16.3. The largest absolute Gasteiger partial charge is 0.750 e. The van der Waals surface area contributed by atoms with Gasteiger partial charge in [0.15, 0.2) is 0 Å². The molecule has 1 N–H and O–H groups in total. The van der Waals surface area contributed by atoms with Gasteiger partial charge >= 0.3 is 0 Å². The van der Waals surface area contributed by atoms with E-state index < -0.39 is 11.4 Å². The van der Waals surface area contributed by atoms with E-state index >= 15 is 0 Å². The Morgan fingerprint density at radius 3 is 1.67 bits per heavy atom. The minimum atomic E-state index is -2.86. The monoisotopic (exact) mass is 137 g/mol. The molecular formula is H3ClFO3S-. The highest BCUT2D eigenvalue weighted by molar-refractivity contribution is 7.73. The van der Waals surface area contributed by atoms with E-state index in [-0.39, 0.29) is 17.1 Å². The summed E-state index contributed by atoms with van der Waals surface area (Å²) in [5.41, 5.74) is 0. The van der Waals surface area contributed by atoms with E-state index in [2.05, 4.69) is 0 Å². The summed E-state index contributed by atoms with van der Waals surface area (Å²) in [5, 5.41) is 0. The van der Waals surface area contributed by atoms with Gasteiger partial charge in [0, 0.05) is 0 Å². The topological polar surface area (TPSA) is 60.4 Å². The molecule has 0 aromatic carbocycles. The molecule has 0 aliphatic rings. The molecule has 0 aromatic rings. The summed E-state index contributed by atoms with van der Waals surface area (Å²) in [4.78, 5) is 0. The fourth-order valence-electron chi connectivity index (χ4n) is 0. The number of hydrogen-bond donors (Lipinski definition) is 1. The van der Waals surface area contributed by atoms with E-state index in [1.165, 1.54) is 0 Å². The van der Waals surface area contributed by atoms with Crippen molar-refractivity contribution in [3.05, 3.63) is 0 Å². The first-order valence-electron chi connectivity index (χ1n) is 0.516. The van der Waals surface area contributed by atoms with Crippen LogP contribution < -0.4 is 0 Å². The maximum atomic E-state index is 8.56. The van der Waals surface area contributed by atoms with Crippen molar-refractivity contribution in [2.75, 3.05) is 0 Å². The molecule has 1 atom stereocenters. The van der Waals surface area contributed by atoms with Crippen LogP contribution in [0.2, 0.25) is 0 Å². The first-order chi connectivity index (χ1) is 1.73. The van der Waals surface area contributed by atoms with Gasteiger partial charge in [-0.3, -0.25) is 4.70 Å². The summed E-state index contributed by atoms with van der Waals surface area (Å²) in [6.07, 6.45) is 0. The van der Waals surface area contributed by atoms with Crippen molar-refractivity contribution >= 4 is 23.8 Å². The second-order valence-electron chi connectivity index (χ2n) is 0.217. The Bertz CT molecular complexity index is 33.8. The van der Waals surface area contributed by atoms with E-state index in [1.54, 1.807) is 0 Å². The molecule has 0 fully saturated rings. The van der Waals surface area contributed by atoms with Gasteiger partial charge < -0.3 is 9.11 Å². The highest BCUT2D eigenvalue weighted by Gasteiger charge is 1.42. The Balaban J connectivity index is -0.0000000450. The zero-order chi connectivity index (χ0) is 3.58. The molecule has 0 saturated heterocycles. The van der Waals surface area contributed by atoms with Crippen LogP contribution in [0.15, 0.2) is 0 Å². The summed E-state index contributed by atoms with van der Waals surface area (Å²) >= 11 is -2.86. The van der Waals surface area contributed by atoms with E-state index in [9.17, 15) is 0 Å². The van der Waals surface area contributed by atoms with Crippen molar-refractivity contribution in [1.82, 2.24) is 0 Å². The molecule has 0 aliphatic carbocycles. The summed E-state index contributed by atoms with van der Waals surface area (Å²) in [6, 6.07) is 0. The lowest BCUT2D eigenvalue weighted by atomic mass is 15.8. The summed E-state index contributed by atoms with van der Waals surface area (Å²) in [6.45, 7) is 0. The van der Waals surface area contributed by atoms with Gasteiger partial charge in [0.25, 0.3) is 0 Å². The van der Waals surface area contributed by atoms with Gasteiger partial charge in [-0.05, 0) is 0 Å². The van der Waals surface area contributed by atoms with Crippen LogP contribution in [-0.4, -0.2) is 13.3 Å². The Labute approximate surface area is 42.6 Å². The van der Waals surface area contributed by atoms with Gasteiger partial charge in [0.2, 0.25) is 0 Å². The Hall–Kier alpha value is 0.290.